The lowest BCUT2D eigenvalue weighted by atomic mass is 10.1. The van der Waals surface area contributed by atoms with Gasteiger partial charge in [-0.15, -0.1) is 0 Å². The fraction of sp³-hybridized carbons (Fsp3) is 0.316. The van der Waals surface area contributed by atoms with Crippen LogP contribution in [-0.2, 0) is 11.2 Å². The molecule has 130 valence electrons. The zero-order valence-corrected chi connectivity index (χ0v) is 13.9. The Morgan fingerprint density at radius 1 is 1.00 bits per heavy atom. The van der Waals surface area contributed by atoms with Crippen LogP contribution in [-0.4, -0.2) is 52.8 Å². The van der Waals surface area contributed by atoms with Crippen LogP contribution in [0.2, 0.25) is 0 Å². The molecule has 0 saturated carbocycles. The molecule has 1 fully saturated rings. The average molecular weight is 341 g/mol. The number of hydrogen-bond acceptors (Lipinski definition) is 3. The molecular weight excluding hydrogens is 321 g/mol. The minimum atomic E-state index is -0.276. The second-order valence-corrected chi connectivity index (χ2v) is 6.01. The van der Waals surface area contributed by atoms with E-state index in [1.165, 1.54) is 6.07 Å². The van der Waals surface area contributed by atoms with Crippen molar-refractivity contribution in [3.05, 3.63) is 65.7 Å². The summed E-state index contributed by atoms with van der Waals surface area (Å²) in [4.78, 5) is 32.1. The van der Waals surface area contributed by atoms with Gasteiger partial charge in [-0.25, -0.2) is 4.39 Å². The molecule has 2 aromatic rings. The molecule has 6 heteroatoms. The Morgan fingerprint density at radius 2 is 1.72 bits per heavy atom. The predicted octanol–water partition coefficient (Wildman–Crippen LogP) is 2.14. The summed E-state index contributed by atoms with van der Waals surface area (Å²) in [5.41, 5.74) is 1.11. The molecule has 1 aliphatic rings. The molecule has 25 heavy (non-hydrogen) atoms. The number of piperazine rings is 1. The summed E-state index contributed by atoms with van der Waals surface area (Å²) in [5.74, 6) is -0.342. The second kappa shape index (κ2) is 7.88. The molecule has 0 aliphatic carbocycles. The zero-order valence-electron chi connectivity index (χ0n) is 13.9. The Bertz CT molecular complexity index is 743. The number of carbonyl (C=O) groups excluding carboxylic acids is 2. The van der Waals surface area contributed by atoms with E-state index in [1.807, 2.05) is 0 Å². The SMILES string of the molecule is O=C(CCc1ccccc1F)N1CCN(C(=O)c2cccnc2)CC1. The molecule has 1 aliphatic heterocycles. The summed E-state index contributed by atoms with van der Waals surface area (Å²) in [6.07, 6.45) is 3.84. The smallest absolute Gasteiger partial charge is 0.255 e. The molecule has 1 aromatic carbocycles. The van der Waals surface area contributed by atoms with Gasteiger partial charge in [-0.1, -0.05) is 18.2 Å². The molecule has 0 atom stereocenters. The molecule has 0 N–H and O–H groups in total. The third-order valence-electron chi connectivity index (χ3n) is 4.39. The van der Waals surface area contributed by atoms with Gasteiger partial charge < -0.3 is 9.80 Å². The van der Waals surface area contributed by atoms with Gasteiger partial charge >= 0.3 is 0 Å². The normalized spacial score (nSPS) is 14.4. The van der Waals surface area contributed by atoms with Crippen LogP contribution in [0.5, 0.6) is 0 Å². The first kappa shape index (κ1) is 17.1. The van der Waals surface area contributed by atoms with Gasteiger partial charge in [0.1, 0.15) is 5.82 Å². The molecule has 1 aromatic heterocycles. The standard InChI is InChI=1S/C19H20FN3O2/c20-17-6-2-1-4-15(17)7-8-18(24)22-10-12-23(13-11-22)19(25)16-5-3-9-21-14-16/h1-6,9,14H,7-8,10-13H2. The number of aryl methyl sites for hydroxylation is 1. The maximum atomic E-state index is 13.6. The first-order valence-electron chi connectivity index (χ1n) is 8.35. The predicted molar refractivity (Wildman–Crippen MR) is 91.4 cm³/mol. The van der Waals surface area contributed by atoms with Crippen LogP contribution in [0.3, 0.4) is 0 Å². The van der Waals surface area contributed by atoms with E-state index in [0.29, 0.717) is 43.7 Å². The van der Waals surface area contributed by atoms with E-state index >= 15 is 0 Å². The van der Waals surface area contributed by atoms with Gasteiger partial charge in [0.05, 0.1) is 5.56 Å². The van der Waals surface area contributed by atoms with Crippen LogP contribution in [0.1, 0.15) is 22.3 Å². The van der Waals surface area contributed by atoms with Crippen molar-refractivity contribution in [2.24, 2.45) is 0 Å². The molecule has 1 saturated heterocycles. The van der Waals surface area contributed by atoms with Crippen molar-refractivity contribution in [3.8, 4) is 0 Å². The van der Waals surface area contributed by atoms with E-state index < -0.39 is 0 Å². The second-order valence-electron chi connectivity index (χ2n) is 6.01. The molecule has 0 unspecified atom stereocenters. The van der Waals surface area contributed by atoms with Crippen molar-refractivity contribution in [3.63, 3.8) is 0 Å². The molecule has 2 amide bonds. The Morgan fingerprint density at radius 3 is 2.40 bits per heavy atom. The number of hydrogen-bond donors (Lipinski definition) is 0. The summed E-state index contributed by atoms with van der Waals surface area (Å²) < 4.78 is 13.6. The van der Waals surface area contributed by atoms with Crippen LogP contribution in [0.25, 0.3) is 0 Å². The lowest BCUT2D eigenvalue weighted by Gasteiger charge is -2.34. The molecule has 0 radical (unpaired) electrons. The molecule has 2 heterocycles. The topological polar surface area (TPSA) is 53.5 Å². The number of nitrogens with zero attached hydrogens (tertiary/aromatic N) is 3. The highest BCUT2D eigenvalue weighted by atomic mass is 19.1. The average Bonchev–Trinajstić information content (AvgIpc) is 2.67. The summed E-state index contributed by atoms with van der Waals surface area (Å²) >= 11 is 0. The highest BCUT2D eigenvalue weighted by Crippen LogP contribution is 2.12. The third kappa shape index (κ3) is 4.21. The number of rotatable bonds is 4. The van der Waals surface area contributed by atoms with Gasteiger partial charge in [-0.2, -0.15) is 0 Å². The minimum absolute atomic E-state index is 0.00303. The van der Waals surface area contributed by atoms with Gasteiger partial charge in [0, 0.05) is 45.0 Å². The Kier molecular flexibility index (Phi) is 5.38. The van der Waals surface area contributed by atoms with Gasteiger partial charge in [0.15, 0.2) is 0 Å². The molecule has 0 spiro atoms. The Balaban J connectivity index is 1.49. The highest BCUT2D eigenvalue weighted by molar-refractivity contribution is 5.94. The monoisotopic (exact) mass is 341 g/mol. The minimum Gasteiger partial charge on any atom is -0.339 e. The largest absolute Gasteiger partial charge is 0.339 e. The lowest BCUT2D eigenvalue weighted by molar-refractivity contribution is -0.132. The highest BCUT2D eigenvalue weighted by Gasteiger charge is 2.24. The quantitative estimate of drug-likeness (QED) is 0.856. The fourth-order valence-electron chi connectivity index (χ4n) is 2.93. The number of halogens is 1. The summed E-state index contributed by atoms with van der Waals surface area (Å²) in [5, 5.41) is 0. The number of amides is 2. The van der Waals surface area contributed by atoms with Crippen molar-refractivity contribution in [2.45, 2.75) is 12.8 Å². The van der Waals surface area contributed by atoms with E-state index in [-0.39, 0.29) is 24.1 Å². The van der Waals surface area contributed by atoms with E-state index in [2.05, 4.69) is 4.98 Å². The van der Waals surface area contributed by atoms with Crippen LogP contribution < -0.4 is 0 Å². The van der Waals surface area contributed by atoms with Crippen molar-refractivity contribution in [2.75, 3.05) is 26.2 Å². The van der Waals surface area contributed by atoms with Gasteiger partial charge in [0.25, 0.3) is 5.91 Å². The van der Waals surface area contributed by atoms with Crippen molar-refractivity contribution in [1.82, 2.24) is 14.8 Å². The number of benzene rings is 1. The number of aromatic nitrogens is 1. The van der Waals surface area contributed by atoms with Gasteiger partial charge in [-0.05, 0) is 30.2 Å². The number of pyridine rings is 1. The molecule has 5 nitrogen and oxygen atoms in total. The van der Waals surface area contributed by atoms with Crippen LogP contribution in [0.4, 0.5) is 4.39 Å². The van der Waals surface area contributed by atoms with Gasteiger partial charge in [-0.3, -0.25) is 14.6 Å². The fourth-order valence-corrected chi connectivity index (χ4v) is 2.93. The summed E-state index contributed by atoms with van der Waals surface area (Å²) in [7, 11) is 0. The lowest BCUT2D eigenvalue weighted by Crippen LogP contribution is -2.50. The van der Waals surface area contributed by atoms with E-state index in [4.69, 9.17) is 0 Å². The Labute approximate surface area is 146 Å². The van der Waals surface area contributed by atoms with E-state index in [9.17, 15) is 14.0 Å². The van der Waals surface area contributed by atoms with Gasteiger partial charge in [0.2, 0.25) is 5.91 Å². The van der Waals surface area contributed by atoms with Crippen molar-refractivity contribution < 1.29 is 14.0 Å². The van der Waals surface area contributed by atoms with Crippen LogP contribution in [0, 0.1) is 5.82 Å². The van der Waals surface area contributed by atoms with Crippen molar-refractivity contribution >= 4 is 11.8 Å². The maximum Gasteiger partial charge on any atom is 0.255 e. The van der Waals surface area contributed by atoms with Crippen molar-refractivity contribution in [1.29, 1.82) is 0 Å². The Hall–Kier alpha value is -2.76. The number of carbonyl (C=O) groups is 2. The maximum absolute atomic E-state index is 13.6. The first-order valence-corrected chi connectivity index (χ1v) is 8.35. The summed E-state index contributed by atoms with van der Waals surface area (Å²) in [6, 6.07) is 9.98. The zero-order chi connectivity index (χ0) is 17.6. The van der Waals surface area contributed by atoms with Crippen LogP contribution >= 0.6 is 0 Å². The van der Waals surface area contributed by atoms with E-state index in [0.717, 1.165) is 0 Å². The third-order valence-corrected chi connectivity index (χ3v) is 4.39. The summed E-state index contributed by atoms with van der Waals surface area (Å²) in [6.45, 7) is 2.00. The van der Waals surface area contributed by atoms with E-state index in [1.54, 1.807) is 52.5 Å². The first-order chi connectivity index (χ1) is 12.1. The van der Waals surface area contributed by atoms with Crippen LogP contribution in [0.15, 0.2) is 48.8 Å². The molecule has 3 rings (SSSR count). The molecular formula is C19H20FN3O2. The molecule has 0 bridgehead atoms.